The molecule has 2 N–H and O–H groups in total. The van der Waals surface area contributed by atoms with Crippen LogP contribution in [-0.4, -0.2) is 9.97 Å². The lowest BCUT2D eigenvalue weighted by Crippen LogP contribution is -2.12. The van der Waals surface area contributed by atoms with E-state index in [0.717, 1.165) is 24.0 Å². The lowest BCUT2D eigenvalue weighted by molar-refractivity contribution is 0.911. The van der Waals surface area contributed by atoms with Crippen molar-refractivity contribution in [2.75, 3.05) is 0 Å². The van der Waals surface area contributed by atoms with E-state index in [1.807, 2.05) is 12.3 Å². The molecule has 0 spiro atoms. The maximum Gasteiger partial charge on any atom is 0.104 e. The number of rotatable bonds is 3. The maximum absolute atomic E-state index is 5.55. The van der Waals surface area contributed by atoms with Gasteiger partial charge in [0.2, 0.25) is 0 Å². The summed E-state index contributed by atoms with van der Waals surface area (Å²) in [4.78, 5) is 4.49. The highest BCUT2D eigenvalue weighted by atomic mass is 32.1. The summed E-state index contributed by atoms with van der Waals surface area (Å²) in [6.07, 6.45) is 5.62. The quantitative estimate of drug-likeness (QED) is 0.719. The van der Waals surface area contributed by atoms with Gasteiger partial charge in [0.1, 0.15) is 4.99 Å². The van der Waals surface area contributed by atoms with Gasteiger partial charge in [-0.1, -0.05) is 25.6 Å². The molecule has 0 amide bonds. The third-order valence-corrected chi connectivity index (χ3v) is 1.91. The molecule has 2 nitrogen and oxygen atoms in total. The molecule has 0 atom stereocenters. The van der Waals surface area contributed by atoms with Gasteiger partial charge in [-0.3, -0.25) is 4.98 Å². The first-order valence-corrected chi connectivity index (χ1v) is 4.39. The summed E-state index contributed by atoms with van der Waals surface area (Å²) in [6.45, 7) is 2.12. The first-order chi connectivity index (χ1) is 5.75. The van der Waals surface area contributed by atoms with Crippen LogP contribution in [0.2, 0.25) is 0 Å². The molecule has 0 bridgehead atoms. The topological polar surface area (TPSA) is 38.9 Å². The molecule has 0 aromatic carbocycles. The van der Waals surface area contributed by atoms with Gasteiger partial charge in [-0.15, -0.1) is 0 Å². The minimum absolute atomic E-state index is 0.459. The number of hydrogen-bond donors (Lipinski definition) is 1. The molecule has 0 aliphatic carbocycles. The first-order valence-electron chi connectivity index (χ1n) is 3.98. The SMILES string of the molecule is CCCc1cnccc1C(N)=S. The Bertz CT molecular complexity index is 284. The zero-order valence-electron chi connectivity index (χ0n) is 7.08. The van der Waals surface area contributed by atoms with Crippen LogP contribution in [0.4, 0.5) is 0 Å². The Hall–Kier alpha value is -0.960. The minimum Gasteiger partial charge on any atom is -0.389 e. The van der Waals surface area contributed by atoms with Gasteiger partial charge < -0.3 is 5.73 Å². The van der Waals surface area contributed by atoms with Gasteiger partial charge in [-0.05, 0) is 18.1 Å². The summed E-state index contributed by atoms with van der Waals surface area (Å²) < 4.78 is 0. The van der Waals surface area contributed by atoms with Crippen LogP contribution in [-0.2, 0) is 6.42 Å². The molecule has 0 radical (unpaired) electrons. The van der Waals surface area contributed by atoms with Crippen molar-refractivity contribution >= 4 is 17.2 Å². The van der Waals surface area contributed by atoms with Crippen LogP contribution in [0.3, 0.4) is 0 Å². The summed E-state index contributed by atoms with van der Waals surface area (Å²) in [7, 11) is 0. The number of hydrogen-bond acceptors (Lipinski definition) is 2. The Morgan fingerprint density at radius 1 is 1.67 bits per heavy atom. The average Bonchev–Trinajstić information content (AvgIpc) is 2.05. The van der Waals surface area contributed by atoms with Crippen LogP contribution in [0, 0.1) is 0 Å². The second-order valence-corrected chi connectivity index (χ2v) is 3.09. The fourth-order valence-corrected chi connectivity index (χ4v) is 1.34. The average molecular weight is 180 g/mol. The summed E-state index contributed by atoms with van der Waals surface area (Å²) in [5, 5.41) is 0. The molecule has 0 unspecified atom stereocenters. The predicted molar refractivity (Wildman–Crippen MR) is 54.1 cm³/mol. The zero-order valence-corrected chi connectivity index (χ0v) is 7.90. The highest BCUT2D eigenvalue weighted by Gasteiger charge is 2.02. The van der Waals surface area contributed by atoms with Crippen LogP contribution < -0.4 is 5.73 Å². The van der Waals surface area contributed by atoms with E-state index in [1.54, 1.807) is 6.20 Å². The number of nitrogens with zero attached hydrogens (tertiary/aromatic N) is 1. The van der Waals surface area contributed by atoms with Crippen LogP contribution in [0.5, 0.6) is 0 Å². The lowest BCUT2D eigenvalue weighted by Gasteiger charge is -2.04. The fourth-order valence-electron chi connectivity index (χ4n) is 1.14. The van der Waals surface area contributed by atoms with Crippen molar-refractivity contribution in [3.63, 3.8) is 0 Å². The third-order valence-electron chi connectivity index (χ3n) is 1.69. The Labute approximate surface area is 77.8 Å². The Kier molecular flexibility index (Phi) is 3.17. The van der Waals surface area contributed by atoms with Gasteiger partial charge in [0.15, 0.2) is 0 Å². The summed E-state index contributed by atoms with van der Waals surface area (Å²) in [5.41, 5.74) is 7.65. The van der Waals surface area contributed by atoms with E-state index in [9.17, 15) is 0 Å². The van der Waals surface area contributed by atoms with Crippen molar-refractivity contribution in [1.82, 2.24) is 4.98 Å². The van der Waals surface area contributed by atoms with Gasteiger partial charge in [-0.2, -0.15) is 0 Å². The van der Waals surface area contributed by atoms with Crippen LogP contribution in [0.15, 0.2) is 18.5 Å². The molecule has 0 fully saturated rings. The molecular weight excluding hydrogens is 168 g/mol. The van der Waals surface area contributed by atoms with Gasteiger partial charge in [0.25, 0.3) is 0 Å². The molecule has 1 rings (SSSR count). The number of pyridine rings is 1. The number of thiocarbonyl (C=S) groups is 1. The summed E-state index contributed by atoms with van der Waals surface area (Å²) in [5.74, 6) is 0. The van der Waals surface area contributed by atoms with Crippen molar-refractivity contribution in [1.29, 1.82) is 0 Å². The zero-order chi connectivity index (χ0) is 8.97. The lowest BCUT2D eigenvalue weighted by atomic mass is 10.1. The Morgan fingerprint density at radius 3 is 3.00 bits per heavy atom. The third kappa shape index (κ3) is 2.01. The van der Waals surface area contributed by atoms with Gasteiger partial charge >= 0.3 is 0 Å². The molecule has 0 saturated heterocycles. The molecule has 1 aromatic rings. The van der Waals surface area contributed by atoms with E-state index in [0.29, 0.717) is 4.99 Å². The smallest absolute Gasteiger partial charge is 0.104 e. The van der Waals surface area contributed by atoms with E-state index in [1.165, 1.54) is 0 Å². The van der Waals surface area contributed by atoms with Crippen LogP contribution in [0.1, 0.15) is 24.5 Å². The van der Waals surface area contributed by atoms with Gasteiger partial charge in [0.05, 0.1) is 0 Å². The standard InChI is InChI=1S/C9H12N2S/c1-2-3-7-6-11-5-4-8(7)9(10)12/h4-6H,2-3H2,1H3,(H2,10,12). The summed E-state index contributed by atoms with van der Waals surface area (Å²) >= 11 is 4.91. The molecule has 12 heavy (non-hydrogen) atoms. The molecular formula is C9H12N2S. The number of nitrogens with two attached hydrogens (primary N) is 1. The molecule has 0 aliphatic rings. The van der Waals surface area contributed by atoms with Crippen LogP contribution >= 0.6 is 12.2 Å². The maximum atomic E-state index is 5.55. The second kappa shape index (κ2) is 4.16. The molecule has 64 valence electrons. The molecule has 1 heterocycles. The monoisotopic (exact) mass is 180 g/mol. The predicted octanol–water partition coefficient (Wildman–Crippen LogP) is 1.67. The van der Waals surface area contributed by atoms with E-state index >= 15 is 0 Å². The van der Waals surface area contributed by atoms with Gasteiger partial charge in [0, 0.05) is 18.0 Å². The van der Waals surface area contributed by atoms with Crippen molar-refractivity contribution in [2.45, 2.75) is 19.8 Å². The molecule has 1 aromatic heterocycles. The highest BCUT2D eigenvalue weighted by Crippen LogP contribution is 2.08. The molecule has 3 heteroatoms. The number of aromatic nitrogens is 1. The Morgan fingerprint density at radius 2 is 2.42 bits per heavy atom. The summed E-state index contributed by atoms with van der Waals surface area (Å²) in [6, 6.07) is 1.87. The van der Waals surface area contributed by atoms with E-state index < -0.39 is 0 Å². The highest BCUT2D eigenvalue weighted by molar-refractivity contribution is 7.80. The first kappa shape index (κ1) is 9.13. The van der Waals surface area contributed by atoms with Gasteiger partial charge in [-0.25, -0.2) is 0 Å². The Balaban J connectivity index is 3.00. The van der Waals surface area contributed by atoms with E-state index in [-0.39, 0.29) is 0 Å². The van der Waals surface area contributed by atoms with Crippen molar-refractivity contribution in [2.24, 2.45) is 5.73 Å². The van der Waals surface area contributed by atoms with Crippen molar-refractivity contribution in [3.05, 3.63) is 29.6 Å². The van der Waals surface area contributed by atoms with E-state index in [2.05, 4.69) is 11.9 Å². The normalized spacial score (nSPS) is 9.75. The number of aryl methyl sites for hydroxylation is 1. The largest absolute Gasteiger partial charge is 0.389 e. The second-order valence-electron chi connectivity index (χ2n) is 2.65. The fraction of sp³-hybridized carbons (Fsp3) is 0.333. The molecule has 0 aliphatic heterocycles. The van der Waals surface area contributed by atoms with Crippen LogP contribution in [0.25, 0.3) is 0 Å². The van der Waals surface area contributed by atoms with Crippen molar-refractivity contribution < 1.29 is 0 Å². The minimum atomic E-state index is 0.459. The van der Waals surface area contributed by atoms with E-state index in [4.69, 9.17) is 18.0 Å². The molecule has 0 saturated carbocycles. The van der Waals surface area contributed by atoms with Crippen molar-refractivity contribution in [3.8, 4) is 0 Å².